The maximum Gasteiger partial charge on any atom is 0.0740 e. The van der Waals surface area contributed by atoms with Gasteiger partial charge in [-0.25, -0.2) is 0 Å². The quantitative estimate of drug-likeness (QED) is 0.719. The van der Waals surface area contributed by atoms with Crippen LogP contribution in [0, 0.1) is 5.92 Å². The number of rotatable bonds is 4. The molecule has 1 aliphatic rings. The average molecular weight is 311 g/mol. The SMILES string of the molecule is CC(C)Cc1ccc(C(Br)C2CCCCO2)cc1. The molecule has 0 spiro atoms. The normalized spacial score (nSPS) is 22.1. The molecule has 0 aliphatic carbocycles. The third kappa shape index (κ3) is 3.83. The second kappa shape index (κ2) is 6.72. The predicted octanol–water partition coefficient (Wildman–Crippen LogP) is 4.89. The fourth-order valence-electron chi connectivity index (χ4n) is 2.52. The third-order valence-electron chi connectivity index (χ3n) is 3.48. The molecule has 1 aromatic carbocycles. The molecule has 0 bridgehead atoms. The minimum Gasteiger partial charge on any atom is -0.377 e. The van der Waals surface area contributed by atoms with Crippen molar-refractivity contribution in [1.82, 2.24) is 0 Å². The number of alkyl halides is 1. The molecule has 1 heterocycles. The van der Waals surface area contributed by atoms with Crippen LogP contribution >= 0.6 is 15.9 Å². The van der Waals surface area contributed by atoms with Gasteiger partial charge in [-0.15, -0.1) is 0 Å². The molecule has 1 saturated heterocycles. The van der Waals surface area contributed by atoms with Gasteiger partial charge in [0.15, 0.2) is 0 Å². The van der Waals surface area contributed by atoms with Crippen LogP contribution < -0.4 is 0 Å². The summed E-state index contributed by atoms with van der Waals surface area (Å²) in [6, 6.07) is 9.00. The Hall–Kier alpha value is -0.340. The van der Waals surface area contributed by atoms with Gasteiger partial charge >= 0.3 is 0 Å². The van der Waals surface area contributed by atoms with Crippen molar-refractivity contribution in [1.29, 1.82) is 0 Å². The smallest absolute Gasteiger partial charge is 0.0740 e. The highest BCUT2D eigenvalue weighted by Gasteiger charge is 2.23. The lowest BCUT2D eigenvalue weighted by atomic mass is 9.98. The van der Waals surface area contributed by atoms with E-state index in [9.17, 15) is 0 Å². The molecule has 1 aromatic rings. The zero-order valence-electron chi connectivity index (χ0n) is 11.4. The fraction of sp³-hybridized carbons (Fsp3) is 0.625. The van der Waals surface area contributed by atoms with Gasteiger partial charge in [0.2, 0.25) is 0 Å². The molecule has 2 atom stereocenters. The molecule has 0 N–H and O–H groups in total. The van der Waals surface area contributed by atoms with Gasteiger partial charge in [-0.1, -0.05) is 54.0 Å². The molecule has 0 saturated carbocycles. The monoisotopic (exact) mass is 310 g/mol. The van der Waals surface area contributed by atoms with E-state index in [1.807, 2.05) is 0 Å². The van der Waals surface area contributed by atoms with Crippen molar-refractivity contribution < 1.29 is 4.74 Å². The lowest BCUT2D eigenvalue weighted by Crippen LogP contribution is -2.23. The summed E-state index contributed by atoms with van der Waals surface area (Å²) in [5.41, 5.74) is 2.77. The number of hydrogen-bond donors (Lipinski definition) is 0. The molecular formula is C16H23BrO. The Labute approximate surface area is 119 Å². The van der Waals surface area contributed by atoms with Crippen molar-refractivity contribution in [2.75, 3.05) is 6.61 Å². The van der Waals surface area contributed by atoms with Crippen molar-refractivity contribution in [3.8, 4) is 0 Å². The molecule has 1 aliphatic heterocycles. The van der Waals surface area contributed by atoms with Crippen LogP contribution in [0.2, 0.25) is 0 Å². The average Bonchev–Trinajstić information content (AvgIpc) is 2.39. The first-order valence-electron chi connectivity index (χ1n) is 7.01. The van der Waals surface area contributed by atoms with Gasteiger partial charge in [-0.05, 0) is 42.7 Å². The third-order valence-corrected chi connectivity index (χ3v) is 4.60. The van der Waals surface area contributed by atoms with Crippen LogP contribution in [0.25, 0.3) is 0 Å². The van der Waals surface area contributed by atoms with E-state index < -0.39 is 0 Å². The predicted molar refractivity (Wildman–Crippen MR) is 80.2 cm³/mol. The van der Waals surface area contributed by atoms with E-state index in [4.69, 9.17) is 4.74 Å². The second-order valence-electron chi connectivity index (χ2n) is 5.65. The Balaban J connectivity index is 1.99. The molecule has 0 radical (unpaired) electrons. The Bertz CT molecular complexity index is 352. The van der Waals surface area contributed by atoms with Crippen LogP contribution in [-0.4, -0.2) is 12.7 Å². The largest absolute Gasteiger partial charge is 0.377 e. The highest BCUT2D eigenvalue weighted by atomic mass is 79.9. The van der Waals surface area contributed by atoms with Crippen LogP contribution in [0.4, 0.5) is 0 Å². The van der Waals surface area contributed by atoms with E-state index in [1.54, 1.807) is 0 Å². The molecule has 2 heteroatoms. The van der Waals surface area contributed by atoms with Gasteiger partial charge < -0.3 is 4.74 Å². The number of halogens is 1. The summed E-state index contributed by atoms with van der Waals surface area (Å²) in [5.74, 6) is 0.720. The number of hydrogen-bond acceptors (Lipinski definition) is 1. The first-order chi connectivity index (χ1) is 8.66. The van der Waals surface area contributed by atoms with Gasteiger partial charge in [-0.2, -0.15) is 0 Å². The van der Waals surface area contributed by atoms with E-state index in [0.29, 0.717) is 10.9 Å². The zero-order chi connectivity index (χ0) is 13.0. The molecule has 2 unspecified atom stereocenters. The first-order valence-corrected chi connectivity index (χ1v) is 7.93. The van der Waals surface area contributed by atoms with Crippen molar-refractivity contribution in [2.24, 2.45) is 5.92 Å². The summed E-state index contributed by atoms with van der Waals surface area (Å²) < 4.78 is 5.84. The number of ether oxygens (including phenoxy) is 1. The van der Waals surface area contributed by atoms with Crippen molar-refractivity contribution >= 4 is 15.9 Å². The fourth-order valence-corrected chi connectivity index (χ4v) is 3.24. The summed E-state index contributed by atoms with van der Waals surface area (Å²) in [6.07, 6.45) is 5.17. The van der Waals surface area contributed by atoms with Gasteiger partial charge in [0.1, 0.15) is 0 Å². The minimum absolute atomic E-state index is 0.339. The molecule has 0 amide bonds. The summed E-state index contributed by atoms with van der Waals surface area (Å²) >= 11 is 3.80. The van der Waals surface area contributed by atoms with E-state index in [1.165, 1.54) is 30.4 Å². The highest BCUT2D eigenvalue weighted by Crippen LogP contribution is 2.33. The zero-order valence-corrected chi connectivity index (χ0v) is 12.9. The molecule has 2 rings (SSSR count). The van der Waals surface area contributed by atoms with Gasteiger partial charge in [-0.3, -0.25) is 0 Å². The van der Waals surface area contributed by atoms with Crippen LogP contribution in [0.15, 0.2) is 24.3 Å². The summed E-state index contributed by atoms with van der Waals surface area (Å²) in [4.78, 5) is 0.339. The molecule has 1 fully saturated rings. The standard InChI is InChI=1S/C16H23BrO/c1-12(2)11-13-6-8-14(9-7-13)16(17)15-5-3-4-10-18-15/h6-9,12,15-16H,3-5,10-11H2,1-2H3. The Morgan fingerprint density at radius 3 is 2.50 bits per heavy atom. The van der Waals surface area contributed by atoms with Crippen LogP contribution in [0.1, 0.15) is 49.1 Å². The number of benzene rings is 1. The van der Waals surface area contributed by atoms with Crippen LogP contribution in [0.3, 0.4) is 0 Å². The van der Waals surface area contributed by atoms with E-state index in [2.05, 4.69) is 54.0 Å². The van der Waals surface area contributed by atoms with Crippen molar-refractivity contribution in [3.63, 3.8) is 0 Å². The lowest BCUT2D eigenvalue weighted by molar-refractivity contribution is 0.0160. The summed E-state index contributed by atoms with van der Waals surface area (Å²) in [5, 5.41) is 0. The van der Waals surface area contributed by atoms with Crippen molar-refractivity contribution in [2.45, 2.75) is 50.5 Å². The molecule has 100 valence electrons. The van der Waals surface area contributed by atoms with Crippen LogP contribution in [0.5, 0.6) is 0 Å². The van der Waals surface area contributed by atoms with E-state index in [0.717, 1.165) is 18.9 Å². The minimum atomic E-state index is 0.339. The van der Waals surface area contributed by atoms with Crippen molar-refractivity contribution in [3.05, 3.63) is 35.4 Å². The van der Waals surface area contributed by atoms with Gasteiger partial charge in [0.25, 0.3) is 0 Å². The Morgan fingerprint density at radius 2 is 1.94 bits per heavy atom. The highest BCUT2D eigenvalue weighted by molar-refractivity contribution is 9.09. The molecule has 0 aromatic heterocycles. The summed E-state index contributed by atoms with van der Waals surface area (Å²) in [7, 11) is 0. The first kappa shape index (κ1) is 14.1. The lowest BCUT2D eigenvalue weighted by Gasteiger charge is -2.27. The molecule has 1 nitrogen and oxygen atoms in total. The second-order valence-corrected chi connectivity index (χ2v) is 6.63. The Morgan fingerprint density at radius 1 is 1.22 bits per heavy atom. The van der Waals surface area contributed by atoms with Gasteiger partial charge in [0, 0.05) is 6.61 Å². The van der Waals surface area contributed by atoms with Gasteiger partial charge in [0.05, 0.1) is 10.9 Å². The maximum absolute atomic E-state index is 5.84. The Kier molecular flexibility index (Phi) is 5.25. The summed E-state index contributed by atoms with van der Waals surface area (Å²) in [6.45, 7) is 5.44. The molecular weight excluding hydrogens is 288 g/mol. The topological polar surface area (TPSA) is 9.23 Å². The molecule has 18 heavy (non-hydrogen) atoms. The van der Waals surface area contributed by atoms with E-state index >= 15 is 0 Å². The van der Waals surface area contributed by atoms with Crippen LogP contribution in [-0.2, 0) is 11.2 Å². The van der Waals surface area contributed by atoms with E-state index in [-0.39, 0.29) is 0 Å². The maximum atomic E-state index is 5.84.